The van der Waals surface area contributed by atoms with Gasteiger partial charge >= 0.3 is 0 Å². The summed E-state index contributed by atoms with van der Waals surface area (Å²) in [6, 6.07) is 18.3. The highest BCUT2D eigenvalue weighted by Crippen LogP contribution is 2.24. The van der Waals surface area contributed by atoms with Gasteiger partial charge in [0.25, 0.3) is 11.8 Å². The number of carbonyl (C=O) groups is 2. The summed E-state index contributed by atoms with van der Waals surface area (Å²) in [4.78, 5) is 24.8. The van der Waals surface area contributed by atoms with Crippen molar-refractivity contribution in [1.82, 2.24) is 0 Å². The molecule has 3 aromatic rings. The van der Waals surface area contributed by atoms with Crippen LogP contribution in [-0.4, -0.2) is 18.9 Å². The topological polar surface area (TPSA) is 67.4 Å². The Kier molecular flexibility index (Phi) is 6.19. The third kappa shape index (κ3) is 4.63. The molecule has 0 spiro atoms. The maximum Gasteiger partial charge on any atom is 0.257 e. The Morgan fingerprint density at radius 1 is 0.857 bits per heavy atom. The third-order valence-corrected chi connectivity index (χ3v) is 4.48. The number of anilines is 2. The van der Waals surface area contributed by atoms with E-state index in [0.717, 1.165) is 0 Å². The summed E-state index contributed by atoms with van der Waals surface area (Å²) in [7, 11) is 1.54. The Bertz CT molecular complexity index is 1020. The number of methoxy groups -OCH3 is 1. The molecule has 0 aliphatic carbocycles. The molecule has 0 radical (unpaired) electrons. The van der Waals surface area contributed by atoms with Crippen LogP contribution < -0.4 is 15.4 Å². The number of hydrogen-bond acceptors (Lipinski definition) is 3. The molecule has 0 atom stereocenters. The average Bonchev–Trinajstić information content (AvgIpc) is 2.68. The van der Waals surface area contributed by atoms with Crippen LogP contribution in [0.15, 0.2) is 66.7 Å². The molecule has 2 amide bonds. The Morgan fingerprint density at radius 2 is 1.57 bits per heavy atom. The number of para-hydroxylation sites is 2. The number of amides is 2. The average molecular weight is 415 g/mol. The maximum atomic E-state index is 12.4. The molecule has 7 heteroatoms. The van der Waals surface area contributed by atoms with E-state index in [2.05, 4.69) is 10.6 Å². The monoisotopic (exact) mass is 414 g/mol. The van der Waals surface area contributed by atoms with Gasteiger partial charge in [-0.2, -0.15) is 0 Å². The van der Waals surface area contributed by atoms with Crippen molar-refractivity contribution in [3.05, 3.63) is 87.9 Å². The molecule has 0 aromatic heterocycles. The van der Waals surface area contributed by atoms with Crippen LogP contribution in [0.1, 0.15) is 20.7 Å². The highest BCUT2D eigenvalue weighted by Gasteiger charge is 2.12. The zero-order valence-electron chi connectivity index (χ0n) is 14.8. The summed E-state index contributed by atoms with van der Waals surface area (Å²) in [5.41, 5.74) is 1.85. The predicted molar refractivity (Wildman–Crippen MR) is 112 cm³/mol. The van der Waals surface area contributed by atoms with Crippen molar-refractivity contribution in [3.8, 4) is 5.75 Å². The van der Waals surface area contributed by atoms with E-state index in [9.17, 15) is 9.59 Å². The molecule has 3 rings (SSSR count). The molecule has 0 aliphatic heterocycles. The first kappa shape index (κ1) is 19.7. The van der Waals surface area contributed by atoms with E-state index in [4.69, 9.17) is 27.9 Å². The second-order valence-electron chi connectivity index (χ2n) is 5.81. The summed E-state index contributed by atoms with van der Waals surface area (Å²) in [6.45, 7) is 0. The van der Waals surface area contributed by atoms with Crippen LogP contribution in [0.2, 0.25) is 10.0 Å². The quantitative estimate of drug-likeness (QED) is 0.578. The van der Waals surface area contributed by atoms with Crippen LogP contribution in [0.5, 0.6) is 5.75 Å². The van der Waals surface area contributed by atoms with Crippen molar-refractivity contribution in [2.75, 3.05) is 17.7 Å². The second-order valence-corrected chi connectivity index (χ2v) is 6.65. The van der Waals surface area contributed by atoms with Crippen LogP contribution in [0, 0.1) is 0 Å². The highest BCUT2D eigenvalue weighted by atomic mass is 35.5. The number of halogens is 2. The lowest BCUT2D eigenvalue weighted by Gasteiger charge is -2.11. The zero-order valence-corrected chi connectivity index (χ0v) is 16.3. The lowest BCUT2D eigenvalue weighted by molar-refractivity contribution is 0.101. The number of rotatable bonds is 5. The molecule has 0 fully saturated rings. The van der Waals surface area contributed by atoms with Gasteiger partial charge in [0.15, 0.2) is 0 Å². The summed E-state index contributed by atoms with van der Waals surface area (Å²) >= 11 is 11.9. The fraction of sp³-hybridized carbons (Fsp3) is 0.0476. The summed E-state index contributed by atoms with van der Waals surface area (Å²) in [5.74, 6) is -0.0874. The van der Waals surface area contributed by atoms with Gasteiger partial charge in [0.1, 0.15) is 5.75 Å². The summed E-state index contributed by atoms with van der Waals surface area (Å²) in [6.07, 6.45) is 0. The highest BCUT2D eigenvalue weighted by molar-refractivity contribution is 6.37. The molecule has 0 bridgehead atoms. The van der Waals surface area contributed by atoms with Crippen molar-refractivity contribution >= 4 is 46.4 Å². The van der Waals surface area contributed by atoms with Gasteiger partial charge in [-0.3, -0.25) is 9.59 Å². The molecule has 5 nitrogen and oxygen atoms in total. The first-order chi connectivity index (χ1) is 13.5. The molecule has 3 aromatic carbocycles. The smallest absolute Gasteiger partial charge is 0.257 e. The van der Waals surface area contributed by atoms with E-state index in [-0.39, 0.29) is 16.8 Å². The molecule has 0 unspecified atom stereocenters. The lowest BCUT2D eigenvalue weighted by Crippen LogP contribution is -2.14. The van der Waals surface area contributed by atoms with Crippen molar-refractivity contribution in [2.45, 2.75) is 0 Å². The largest absolute Gasteiger partial charge is 0.495 e. The van der Waals surface area contributed by atoms with Gasteiger partial charge < -0.3 is 15.4 Å². The van der Waals surface area contributed by atoms with Gasteiger partial charge in [-0.25, -0.2) is 0 Å². The van der Waals surface area contributed by atoms with Gasteiger partial charge in [0.05, 0.1) is 23.4 Å². The number of carbonyl (C=O) groups excluding carboxylic acids is 2. The molecule has 0 heterocycles. The Balaban J connectivity index is 1.69. The molecule has 0 aliphatic rings. The maximum absolute atomic E-state index is 12.4. The van der Waals surface area contributed by atoms with E-state index in [1.165, 1.54) is 13.2 Å². The Labute approximate surface area is 172 Å². The molecule has 0 saturated heterocycles. The summed E-state index contributed by atoms with van der Waals surface area (Å²) < 4.78 is 5.22. The van der Waals surface area contributed by atoms with Crippen LogP contribution in [0.25, 0.3) is 0 Å². The van der Waals surface area contributed by atoms with Crippen LogP contribution in [0.3, 0.4) is 0 Å². The van der Waals surface area contributed by atoms with E-state index in [0.29, 0.717) is 33.3 Å². The fourth-order valence-electron chi connectivity index (χ4n) is 2.52. The molecular weight excluding hydrogens is 399 g/mol. The van der Waals surface area contributed by atoms with Gasteiger partial charge in [-0.1, -0.05) is 35.3 Å². The lowest BCUT2D eigenvalue weighted by atomic mass is 10.1. The van der Waals surface area contributed by atoms with Crippen molar-refractivity contribution in [3.63, 3.8) is 0 Å². The van der Waals surface area contributed by atoms with Gasteiger partial charge in [-0.05, 0) is 54.6 Å². The number of ether oxygens (including phenoxy) is 1. The predicted octanol–water partition coefficient (Wildman–Crippen LogP) is 5.51. The van der Waals surface area contributed by atoms with Crippen molar-refractivity contribution in [2.24, 2.45) is 0 Å². The SMILES string of the molecule is COc1ccccc1NC(=O)c1ccc(NC(=O)c2ccc(Cl)cc2Cl)cc1. The van der Waals surface area contributed by atoms with Crippen LogP contribution in [-0.2, 0) is 0 Å². The first-order valence-electron chi connectivity index (χ1n) is 8.29. The summed E-state index contributed by atoms with van der Waals surface area (Å²) in [5, 5.41) is 6.24. The number of nitrogens with one attached hydrogen (secondary N) is 2. The van der Waals surface area contributed by atoms with E-state index >= 15 is 0 Å². The normalized spacial score (nSPS) is 10.2. The fourth-order valence-corrected chi connectivity index (χ4v) is 3.01. The molecule has 0 saturated carbocycles. The first-order valence-corrected chi connectivity index (χ1v) is 9.04. The van der Waals surface area contributed by atoms with Gasteiger partial charge in [0, 0.05) is 16.3 Å². The molecular formula is C21H16Cl2N2O3. The van der Waals surface area contributed by atoms with Crippen molar-refractivity contribution < 1.29 is 14.3 Å². The van der Waals surface area contributed by atoms with Gasteiger partial charge in [0.2, 0.25) is 0 Å². The Hall–Kier alpha value is -3.02. The van der Waals surface area contributed by atoms with Crippen LogP contribution >= 0.6 is 23.2 Å². The minimum atomic E-state index is -0.368. The number of benzene rings is 3. The number of hydrogen-bond donors (Lipinski definition) is 2. The third-order valence-electron chi connectivity index (χ3n) is 3.94. The van der Waals surface area contributed by atoms with Gasteiger partial charge in [-0.15, -0.1) is 0 Å². The zero-order chi connectivity index (χ0) is 20.1. The minimum absolute atomic E-state index is 0.262. The van der Waals surface area contributed by atoms with E-state index in [1.54, 1.807) is 54.6 Å². The molecule has 28 heavy (non-hydrogen) atoms. The molecule has 142 valence electrons. The standard InChI is InChI=1S/C21H16Cl2N2O3/c1-28-19-5-3-2-4-18(19)25-20(26)13-6-9-15(10-7-13)24-21(27)16-11-8-14(22)12-17(16)23/h2-12H,1H3,(H,24,27)(H,25,26). The van der Waals surface area contributed by atoms with Crippen LogP contribution in [0.4, 0.5) is 11.4 Å². The Morgan fingerprint density at radius 3 is 2.25 bits per heavy atom. The van der Waals surface area contributed by atoms with Crippen molar-refractivity contribution in [1.29, 1.82) is 0 Å². The van der Waals surface area contributed by atoms with E-state index < -0.39 is 0 Å². The second kappa shape index (κ2) is 8.78. The minimum Gasteiger partial charge on any atom is -0.495 e. The molecule has 2 N–H and O–H groups in total. The van der Waals surface area contributed by atoms with E-state index in [1.807, 2.05) is 6.07 Å².